The van der Waals surface area contributed by atoms with Crippen LogP contribution in [0.4, 0.5) is 0 Å². The molecule has 10 nitrogen and oxygen atoms in total. The van der Waals surface area contributed by atoms with Gasteiger partial charge in [-0.1, -0.05) is 6.07 Å². The highest BCUT2D eigenvalue weighted by atomic mass is 32.2. The number of hydrogen-bond acceptors (Lipinski definition) is 8. The van der Waals surface area contributed by atoms with E-state index in [0.717, 1.165) is 5.56 Å². The fourth-order valence-corrected chi connectivity index (χ4v) is 4.09. The second-order valence-corrected chi connectivity index (χ2v) is 9.15. The van der Waals surface area contributed by atoms with Crippen LogP contribution < -0.4 is 19.5 Å². The number of sulfonamides is 1. The molecule has 0 aliphatic carbocycles. The van der Waals surface area contributed by atoms with Gasteiger partial charge in [0.05, 0.1) is 23.3 Å². The first-order valence-corrected chi connectivity index (χ1v) is 11.8. The first-order chi connectivity index (χ1) is 16.3. The number of nitrogens with one attached hydrogen (secondary N) is 2. The quantitative estimate of drug-likeness (QED) is 0.441. The third-order valence-corrected chi connectivity index (χ3v) is 6.39. The Morgan fingerprint density at radius 2 is 1.79 bits per heavy atom. The summed E-state index contributed by atoms with van der Waals surface area (Å²) in [6.07, 6.45) is 0.391. The third-order valence-electron chi connectivity index (χ3n) is 4.97. The van der Waals surface area contributed by atoms with E-state index in [0.29, 0.717) is 17.3 Å². The van der Waals surface area contributed by atoms with Crippen molar-refractivity contribution in [1.29, 1.82) is 0 Å². The topological polar surface area (TPSA) is 133 Å². The molecule has 1 atom stereocenters. The molecule has 3 aromatic rings. The summed E-state index contributed by atoms with van der Waals surface area (Å²) in [5.74, 6) is 0.484. The van der Waals surface area contributed by atoms with Crippen LogP contribution in [-0.4, -0.2) is 33.2 Å². The van der Waals surface area contributed by atoms with E-state index in [1.54, 1.807) is 30.3 Å². The van der Waals surface area contributed by atoms with Gasteiger partial charge in [-0.25, -0.2) is 17.9 Å². The van der Waals surface area contributed by atoms with Gasteiger partial charge in [0.2, 0.25) is 16.8 Å². The zero-order valence-corrected chi connectivity index (χ0v) is 19.0. The van der Waals surface area contributed by atoms with Gasteiger partial charge < -0.3 is 23.9 Å². The van der Waals surface area contributed by atoms with Crippen LogP contribution in [0.15, 0.2) is 70.2 Å². The SMILES string of the molecule is C[C@H](OC(=O)c1ccc(S(=O)(=O)NCc2ccco2)cc1)C(=O)NCc1ccc2c(c1)OCO2. The van der Waals surface area contributed by atoms with Gasteiger partial charge in [0.15, 0.2) is 17.6 Å². The van der Waals surface area contributed by atoms with Crippen molar-refractivity contribution < 1.29 is 36.6 Å². The summed E-state index contributed by atoms with van der Waals surface area (Å²) >= 11 is 0. The van der Waals surface area contributed by atoms with Crippen molar-refractivity contribution in [2.45, 2.75) is 31.0 Å². The van der Waals surface area contributed by atoms with Crippen LogP contribution in [-0.2, 0) is 32.6 Å². The van der Waals surface area contributed by atoms with Crippen molar-refractivity contribution in [3.05, 3.63) is 77.7 Å². The molecule has 1 aromatic heterocycles. The van der Waals surface area contributed by atoms with Crippen molar-refractivity contribution in [2.75, 3.05) is 6.79 Å². The number of esters is 1. The predicted octanol–water partition coefficient (Wildman–Crippen LogP) is 2.35. The second kappa shape index (κ2) is 9.98. The van der Waals surface area contributed by atoms with Crippen molar-refractivity contribution >= 4 is 21.9 Å². The summed E-state index contributed by atoms with van der Waals surface area (Å²) in [7, 11) is -3.80. The molecule has 1 aliphatic heterocycles. The Kier molecular flexibility index (Phi) is 6.85. The molecule has 0 unspecified atom stereocenters. The minimum absolute atomic E-state index is 0.00197. The number of benzene rings is 2. The van der Waals surface area contributed by atoms with Gasteiger partial charge in [-0.05, 0) is 61.0 Å². The first kappa shape index (κ1) is 23.3. The highest BCUT2D eigenvalue weighted by molar-refractivity contribution is 7.89. The van der Waals surface area contributed by atoms with Crippen LogP contribution in [0.3, 0.4) is 0 Å². The van der Waals surface area contributed by atoms with Crippen LogP contribution >= 0.6 is 0 Å². The molecule has 2 N–H and O–H groups in total. The van der Waals surface area contributed by atoms with Crippen LogP contribution in [0, 0.1) is 0 Å². The molecule has 2 aromatic carbocycles. The van der Waals surface area contributed by atoms with E-state index in [1.165, 1.54) is 37.5 Å². The zero-order valence-electron chi connectivity index (χ0n) is 18.1. The van der Waals surface area contributed by atoms with Crippen molar-refractivity contribution in [3.8, 4) is 11.5 Å². The Labute approximate surface area is 195 Å². The minimum atomic E-state index is -3.80. The standard InChI is InChI=1S/C23H22N2O8S/c1-15(22(26)24-12-16-4-9-20-21(11-16)32-14-31-20)33-23(27)17-5-7-19(8-6-17)34(28,29)25-13-18-3-2-10-30-18/h2-11,15,25H,12-14H2,1H3,(H,24,26)/t15-/m0/s1. The van der Waals surface area contributed by atoms with Crippen LogP contribution in [0.5, 0.6) is 11.5 Å². The number of rotatable bonds is 9. The molecule has 0 spiro atoms. The molecule has 34 heavy (non-hydrogen) atoms. The van der Waals surface area contributed by atoms with Gasteiger partial charge >= 0.3 is 5.97 Å². The van der Waals surface area contributed by atoms with E-state index in [2.05, 4.69) is 10.0 Å². The van der Waals surface area contributed by atoms with Crippen molar-refractivity contribution in [1.82, 2.24) is 10.0 Å². The molecule has 0 saturated carbocycles. The average Bonchev–Trinajstić information content (AvgIpc) is 3.53. The third kappa shape index (κ3) is 5.56. The number of hydrogen-bond donors (Lipinski definition) is 2. The monoisotopic (exact) mass is 486 g/mol. The molecule has 1 aliphatic rings. The molecule has 11 heteroatoms. The average molecular weight is 487 g/mol. The normalized spacial score (nSPS) is 13.3. The number of furan rings is 1. The molecular weight excluding hydrogens is 464 g/mol. The zero-order chi connectivity index (χ0) is 24.1. The lowest BCUT2D eigenvalue weighted by Gasteiger charge is -2.14. The van der Waals surface area contributed by atoms with E-state index in [1.807, 2.05) is 0 Å². The Hall–Kier alpha value is -3.83. The number of amides is 1. The van der Waals surface area contributed by atoms with E-state index < -0.39 is 28.0 Å². The fraction of sp³-hybridized carbons (Fsp3) is 0.217. The number of carbonyl (C=O) groups excluding carboxylic acids is 2. The molecule has 1 amide bonds. The molecule has 178 valence electrons. The smallest absolute Gasteiger partial charge is 0.338 e. The molecule has 4 rings (SSSR count). The maximum Gasteiger partial charge on any atom is 0.338 e. The Bertz CT molecular complexity index is 1270. The van der Waals surface area contributed by atoms with Crippen LogP contribution in [0.25, 0.3) is 0 Å². The largest absolute Gasteiger partial charge is 0.468 e. The first-order valence-electron chi connectivity index (χ1n) is 10.3. The van der Waals surface area contributed by atoms with Crippen molar-refractivity contribution in [3.63, 3.8) is 0 Å². The maximum absolute atomic E-state index is 12.4. The number of carbonyl (C=O) groups is 2. The minimum Gasteiger partial charge on any atom is -0.468 e. The Morgan fingerprint density at radius 3 is 2.53 bits per heavy atom. The van der Waals surface area contributed by atoms with E-state index >= 15 is 0 Å². The van der Waals surface area contributed by atoms with E-state index in [9.17, 15) is 18.0 Å². The Morgan fingerprint density at radius 1 is 1.03 bits per heavy atom. The summed E-state index contributed by atoms with van der Waals surface area (Å²) in [6.45, 7) is 1.82. The summed E-state index contributed by atoms with van der Waals surface area (Å²) in [5.41, 5.74) is 0.911. The van der Waals surface area contributed by atoms with Gasteiger partial charge in [-0.2, -0.15) is 0 Å². The molecule has 2 heterocycles. The van der Waals surface area contributed by atoms with Gasteiger partial charge in [-0.15, -0.1) is 0 Å². The second-order valence-electron chi connectivity index (χ2n) is 7.38. The summed E-state index contributed by atoms with van der Waals surface area (Å²) in [4.78, 5) is 24.7. The summed E-state index contributed by atoms with van der Waals surface area (Å²) in [5, 5.41) is 2.69. The highest BCUT2D eigenvalue weighted by Gasteiger charge is 2.21. The lowest BCUT2D eigenvalue weighted by Crippen LogP contribution is -2.35. The highest BCUT2D eigenvalue weighted by Crippen LogP contribution is 2.32. The van der Waals surface area contributed by atoms with Gasteiger partial charge in [0.25, 0.3) is 5.91 Å². The van der Waals surface area contributed by atoms with E-state index in [-0.39, 0.29) is 30.3 Å². The fourth-order valence-electron chi connectivity index (χ4n) is 3.10. The molecule has 0 fully saturated rings. The van der Waals surface area contributed by atoms with E-state index in [4.69, 9.17) is 18.6 Å². The lowest BCUT2D eigenvalue weighted by atomic mass is 10.2. The maximum atomic E-state index is 12.4. The molecule has 0 saturated heterocycles. The summed E-state index contributed by atoms with van der Waals surface area (Å²) in [6, 6.07) is 13.8. The van der Waals surface area contributed by atoms with Crippen LogP contribution in [0.2, 0.25) is 0 Å². The predicted molar refractivity (Wildman–Crippen MR) is 118 cm³/mol. The molecule has 0 radical (unpaired) electrons. The van der Waals surface area contributed by atoms with Gasteiger partial charge in [0, 0.05) is 6.54 Å². The number of ether oxygens (including phenoxy) is 3. The number of fused-ring (bicyclic) bond motifs is 1. The lowest BCUT2D eigenvalue weighted by molar-refractivity contribution is -0.129. The van der Waals surface area contributed by atoms with Gasteiger partial charge in [0.1, 0.15) is 5.76 Å². The Balaban J connectivity index is 1.28. The van der Waals surface area contributed by atoms with Crippen molar-refractivity contribution in [2.24, 2.45) is 0 Å². The molecule has 0 bridgehead atoms. The summed E-state index contributed by atoms with van der Waals surface area (Å²) < 4.78 is 48.1. The van der Waals surface area contributed by atoms with Crippen LogP contribution in [0.1, 0.15) is 28.6 Å². The van der Waals surface area contributed by atoms with Gasteiger partial charge in [-0.3, -0.25) is 4.79 Å². The molecular formula is C23H22N2O8S.